The van der Waals surface area contributed by atoms with E-state index in [4.69, 9.17) is 4.74 Å². The maximum atomic E-state index is 12.5. The maximum Gasteiger partial charge on any atom is 0.298 e. The Morgan fingerprint density at radius 3 is 2.74 bits per heavy atom. The van der Waals surface area contributed by atoms with Crippen LogP contribution in [-0.2, 0) is 12.8 Å². The first-order valence-corrected chi connectivity index (χ1v) is 10.8. The van der Waals surface area contributed by atoms with Crippen molar-refractivity contribution in [3.63, 3.8) is 0 Å². The van der Waals surface area contributed by atoms with Crippen LogP contribution in [0, 0.1) is 6.92 Å². The zero-order valence-electron chi connectivity index (χ0n) is 17.1. The number of hydrogen-bond donors (Lipinski definition) is 1. The molecule has 0 atom stereocenters. The Hall–Kier alpha value is -3.58. The van der Waals surface area contributed by atoms with E-state index in [0.29, 0.717) is 41.7 Å². The largest absolute Gasteiger partial charge is 0.430 e. The normalized spacial score (nSPS) is 10.6. The van der Waals surface area contributed by atoms with Gasteiger partial charge in [-0.15, -0.1) is 0 Å². The van der Waals surface area contributed by atoms with Gasteiger partial charge >= 0.3 is 0 Å². The summed E-state index contributed by atoms with van der Waals surface area (Å²) in [6, 6.07) is 21.1. The van der Waals surface area contributed by atoms with Crippen molar-refractivity contribution in [3.05, 3.63) is 101 Å². The van der Waals surface area contributed by atoms with Crippen LogP contribution in [0.4, 0.5) is 0 Å². The van der Waals surface area contributed by atoms with Gasteiger partial charge in [0.05, 0.1) is 0 Å². The molecular formula is C24H22N4O2S. The van der Waals surface area contributed by atoms with Gasteiger partial charge in [-0.1, -0.05) is 42.0 Å². The molecule has 0 bridgehead atoms. The van der Waals surface area contributed by atoms with Gasteiger partial charge in [0.15, 0.2) is 5.82 Å². The minimum atomic E-state index is -0.154. The number of hydrogen-bond acceptors (Lipinski definition) is 6. The smallest absolute Gasteiger partial charge is 0.298 e. The molecule has 0 aliphatic rings. The molecule has 2 heterocycles. The highest BCUT2D eigenvalue weighted by Gasteiger charge is 2.10. The van der Waals surface area contributed by atoms with Crippen molar-refractivity contribution in [3.8, 4) is 10.9 Å². The number of benzene rings is 2. The molecule has 7 heteroatoms. The maximum absolute atomic E-state index is 12.5. The predicted molar refractivity (Wildman–Crippen MR) is 121 cm³/mol. The van der Waals surface area contributed by atoms with Crippen LogP contribution in [-0.4, -0.2) is 26.8 Å². The molecule has 1 N–H and O–H groups in total. The van der Waals surface area contributed by atoms with Gasteiger partial charge < -0.3 is 10.1 Å². The predicted octanol–water partition coefficient (Wildman–Crippen LogP) is 4.60. The first kappa shape index (κ1) is 20.7. The molecule has 0 saturated heterocycles. The zero-order valence-corrected chi connectivity index (χ0v) is 17.9. The minimum absolute atomic E-state index is 0.154. The molecule has 2 aromatic carbocycles. The Balaban J connectivity index is 1.33. The van der Waals surface area contributed by atoms with E-state index in [9.17, 15) is 4.79 Å². The Labute approximate surface area is 185 Å². The van der Waals surface area contributed by atoms with E-state index in [1.54, 1.807) is 30.5 Å². The van der Waals surface area contributed by atoms with E-state index >= 15 is 0 Å². The summed E-state index contributed by atoms with van der Waals surface area (Å²) in [5.74, 6) is 1.11. The lowest BCUT2D eigenvalue weighted by Crippen LogP contribution is -2.25. The third-order valence-electron chi connectivity index (χ3n) is 4.63. The average Bonchev–Trinajstić information content (AvgIpc) is 3.23. The van der Waals surface area contributed by atoms with E-state index in [0.717, 1.165) is 11.3 Å². The zero-order chi connectivity index (χ0) is 21.5. The van der Waals surface area contributed by atoms with Gasteiger partial charge in [-0.05, 0) is 42.8 Å². The highest BCUT2D eigenvalue weighted by molar-refractivity contribution is 7.07. The molecule has 0 saturated carbocycles. The summed E-state index contributed by atoms with van der Waals surface area (Å²) in [7, 11) is 0. The molecule has 0 fully saturated rings. The molecule has 156 valence electrons. The number of aromatic nitrogens is 3. The quantitative estimate of drug-likeness (QED) is 0.442. The summed E-state index contributed by atoms with van der Waals surface area (Å²) < 4.78 is 10.2. The van der Waals surface area contributed by atoms with Crippen molar-refractivity contribution in [2.24, 2.45) is 0 Å². The summed E-state index contributed by atoms with van der Waals surface area (Å²) in [5, 5.41) is 3.37. The van der Waals surface area contributed by atoms with Gasteiger partial charge in [0.1, 0.15) is 5.75 Å². The van der Waals surface area contributed by atoms with Crippen LogP contribution in [0.2, 0.25) is 0 Å². The average molecular weight is 431 g/mol. The monoisotopic (exact) mass is 430 g/mol. The lowest BCUT2D eigenvalue weighted by Gasteiger charge is -2.07. The summed E-state index contributed by atoms with van der Waals surface area (Å²) in [6.45, 7) is 2.57. The van der Waals surface area contributed by atoms with Crippen molar-refractivity contribution >= 4 is 17.4 Å². The number of nitrogens with zero attached hydrogens (tertiary/aromatic N) is 3. The highest BCUT2D eigenvalue weighted by atomic mass is 32.1. The van der Waals surface area contributed by atoms with Gasteiger partial charge in [-0.3, -0.25) is 9.78 Å². The van der Waals surface area contributed by atoms with Gasteiger partial charge in [0.25, 0.3) is 11.1 Å². The SMILES string of the molecule is Cc1ccc(Cc2nsc(Oc3cccc(C(=O)NCCc4ccccn4)c3)n2)cc1. The first-order valence-electron chi connectivity index (χ1n) is 10.00. The van der Waals surface area contributed by atoms with E-state index < -0.39 is 0 Å². The van der Waals surface area contributed by atoms with E-state index in [2.05, 4.69) is 50.8 Å². The molecule has 6 nitrogen and oxygen atoms in total. The summed E-state index contributed by atoms with van der Waals surface area (Å²) in [5.41, 5.74) is 3.85. The number of carbonyl (C=O) groups is 1. The van der Waals surface area contributed by atoms with E-state index in [1.807, 2.05) is 18.2 Å². The highest BCUT2D eigenvalue weighted by Crippen LogP contribution is 2.24. The van der Waals surface area contributed by atoms with Gasteiger partial charge in [0.2, 0.25) is 0 Å². The molecule has 31 heavy (non-hydrogen) atoms. The third-order valence-corrected chi connectivity index (χ3v) is 5.26. The Morgan fingerprint density at radius 1 is 1.06 bits per heavy atom. The molecular weight excluding hydrogens is 408 g/mol. The first-order chi connectivity index (χ1) is 15.2. The molecule has 4 aromatic rings. The standard InChI is InChI=1S/C24H22N4O2S/c1-17-8-10-18(11-9-17)15-22-27-24(31-28-22)30-21-7-4-5-19(16-21)23(29)26-14-12-20-6-2-3-13-25-20/h2-11,13,16H,12,14-15H2,1H3,(H,26,29). The van der Waals surface area contributed by atoms with Crippen LogP contribution in [0.25, 0.3) is 0 Å². The van der Waals surface area contributed by atoms with Crippen molar-refractivity contribution < 1.29 is 9.53 Å². The van der Waals surface area contributed by atoms with Crippen molar-refractivity contribution in [1.29, 1.82) is 0 Å². The van der Waals surface area contributed by atoms with Gasteiger partial charge in [-0.25, -0.2) is 0 Å². The minimum Gasteiger partial charge on any atom is -0.430 e. The Kier molecular flexibility index (Phi) is 6.64. The number of aryl methyl sites for hydroxylation is 1. The summed E-state index contributed by atoms with van der Waals surface area (Å²) in [6.07, 6.45) is 3.08. The fourth-order valence-electron chi connectivity index (χ4n) is 2.99. The van der Waals surface area contributed by atoms with E-state index in [1.165, 1.54) is 17.1 Å². The van der Waals surface area contributed by atoms with Crippen LogP contribution < -0.4 is 10.1 Å². The lowest BCUT2D eigenvalue weighted by atomic mass is 10.1. The second kappa shape index (κ2) is 9.95. The molecule has 1 amide bonds. The third kappa shape index (κ3) is 5.96. The Bertz CT molecular complexity index is 1140. The second-order valence-corrected chi connectivity index (χ2v) is 7.81. The van der Waals surface area contributed by atoms with Crippen LogP contribution in [0.3, 0.4) is 0 Å². The second-order valence-electron chi connectivity index (χ2n) is 7.10. The van der Waals surface area contributed by atoms with Crippen LogP contribution in [0.1, 0.15) is 33.0 Å². The lowest BCUT2D eigenvalue weighted by molar-refractivity contribution is 0.0953. The fourth-order valence-corrected chi connectivity index (χ4v) is 3.56. The van der Waals surface area contributed by atoms with Crippen molar-refractivity contribution in [1.82, 2.24) is 19.7 Å². The van der Waals surface area contributed by atoms with E-state index in [-0.39, 0.29) is 5.91 Å². The number of ether oxygens (including phenoxy) is 1. The molecule has 0 aliphatic heterocycles. The molecule has 0 spiro atoms. The topological polar surface area (TPSA) is 77.0 Å². The number of pyridine rings is 1. The van der Waals surface area contributed by atoms with Crippen LogP contribution >= 0.6 is 11.5 Å². The Morgan fingerprint density at radius 2 is 1.94 bits per heavy atom. The van der Waals surface area contributed by atoms with Crippen molar-refractivity contribution in [2.75, 3.05) is 6.54 Å². The van der Waals surface area contributed by atoms with Crippen molar-refractivity contribution in [2.45, 2.75) is 19.8 Å². The van der Waals surface area contributed by atoms with Gasteiger partial charge in [-0.2, -0.15) is 9.36 Å². The van der Waals surface area contributed by atoms with Gasteiger partial charge in [0, 0.05) is 48.4 Å². The number of rotatable bonds is 8. The number of amides is 1. The number of carbonyl (C=O) groups excluding carboxylic acids is 1. The molecule has 4 rings (SSSR count). The van der Waals surface area contributed by atoms with Crippen LogP contribution in [0.5, 0.6) is 10.9 Å². The number of nitrogens with one attached hydrogen (secondary N) is 1. The molecule has 0 aliphatic carbocycles. The summed E-state index contributed by atoms with van der Waals surface area (Å²) >= 11 is 1.20. The molecule has 2 aromatic heterocycles. The summed E-state index contributed by atoms with van der Waals surface area (Å²) in [4.78, 5) is 21.2. The molecule has 0 unspecified atom stereocenters. The van der Waals surface area contributed by atoms with Crippen LogP contribution in [0.15, 0.2) is 72.9 Å². The molecule has 0 radical (unpaired) electrons. The fraction of sp³-hybridized carbons (Fsp3) is 0.167.